The van der Waals surface area contributed by atoms with Crippen LogP contribution in [0, 0.1) is 0 Å². The summed E-state index contributed by atoms with van der Waals surface area (Å²) in [4.78, 5) is 15.7. The van der Waals surface area contributed by atoms with Crippen LogP contribution in [-0.2, 0) is 16.0 Å². The maximum Gasteiger partial charge on any atom is 0.315 e. The molecule has 0 aliphatic heterocycles. The number of rotatable bonds is 4. The summed E-state index contributed by atoms with van der Waals surface area (Å²) < 4.78 is 9.99. The minimum Gasteiger partial charge on any atom is -0.466 e. The second-order valence-electron chi connectivity index (χ2n) is 4.52. The molecule has 21 heavy (non-hydrogen) atoms. The maximum absolute atomic E-state index is 11.4. The first-order valence-corrected chi connectivity index (χ1v) is 6.74. The zero-order valence-electron chi connectivity index (χ0n) is 11.6. The van der Waals surface area contributed by atoms with E-state index in [0.717, 1.165) is 16.3 Å². The molecule has 0 fully saturated rings. The summed E-state index contributed by atoms with van der Waals surface area (Å²) in [6, 6.07) is 13.9. The molecule has 0 bridgehead atoms. The number of benzene rings is 2. The van der Waals surface area contributed by atoms with Crippen LogP contribution in [0.25, 0.3) is 22.2 Å². The molecule has 0 saturated heterocycles. The van der Waals surface area contributed by atoms with Crippen LogP contribution in [0.5, 0.6) is 0 Å². The van der Waals surface area contributed by atoms with Crippen LogP contribution in [0.1, 0.15) is 12.8 Å². The molecule has 5 heteroatoms. The van der Waals surface area contributed by atoms with E-state index in [4.69, 9.17) is 9.26 Å². The number of hydrogen-bond acceptors (Lipinski definition) is 5. The Morgan fingerprint density at radius 3 is 2.86 bits per heavy atom. The van der Waals surface area contributed by atoms with Crippen molar-refractivity contribution in [3.63, 3.8) is 0 Å². The fourth-order valence-corrected chi connectivity index (χ4v) is 2.19. The third-order valence-electron chi connectivity index (χ3n) is 3.10. The first kappa shape index (κ1) is 13.3. The summed E-state index contributed by atoms with van der Waals surface area (Å²) in [5, 5.41) is 6.10. The fraction of sp³-hybridized carbons (Fsp3) is 0.188. The van der Waals surface area contributed by atoms with Gasteiger partial charge in [0.25, 0.3) is 0 Å². The van der Waals surface area contributed by atoms with Crippen molar-refractivity contribution in [2.24, 2.45) is 0 Å². The number of aromatic nitrogens is 2. The molecule has 5 nitrogen and oxygen atoms in total. The highest BCUT2D eigenvalue weighted by Gasteiger charge is 2.14. The molecule has 1 heterocycles. The molecule has 3 aromatic rings. The monoisotopic (exact) mass is 282 g/mol. The van der Waals surface area contributed by atoms with Crippen LogP contribution in [0.2, 0.25) is 0 Å². The zero-order chi connectivity index (χ0) is 14.7. The number of carbonyl (C=O) groups excluding carboxylic acids is 1. The van der Waals surface area contributed by atoms with Crippen molar-refractivity contribution in [2.45, 2.75) is 13.3 Å². The van der Waals surface area contributed by atoms with Crippen molar-refractivity contribution in [3.8, 4) is 11.4 Å². The van der Waals surface area contributed by atoms with Crippen LogP contribution < -0.4 is 0 Å². The Morgan fingerprint density at radius 2 is 2.00 bits per heavy atom. The lowest BCUT2D eigenvalue weighted by Crippen LogP contribution is -2.07. The highest BCUT2D eigenvalue weighted by Crippen LogP contribution is 2.26. The molecule has 1 aromatic heterocycles. The largest absolute Gasteiger partial charge is 0.466 e. The Hall–Kier alpha value is -2.69. The van der Waals surface area contributed by atoms with Gasteiger partial charge in [0, 0.05) is 5.56 Å². The summed E-state index contributed by atoms with van der Waals surface area (Å²) in [7, 11) is 0. The van der Waals surface area contributed by atoms with Crippen LogP contribution in [0.4, 0.5) is 0 Å². The molecule has 0 spiro atoms. The van der Waals surface area contributed by atoms with E-state index in [1.54, 1.807) is 6.92 Å². The van der Waals surface area contributed by atoms with E-state index in [1.807, 2.05) is 42.5 Å². The Kier molecular flexibility index (Phi) is 3.64. The molecule has 0 radical (unpaired) electrons. The number of nitrogens with zero attached hydrogens (tertiary/aromatic N) is 2. The highest BCUT2D eigenvalue weighted by molar-refractivity contribution is 5.94. The normalized spacial score (nSPS) is 10.7. The average molecular weight is 282 g/mol. The predicted molar refractivity (Wildman–Crippen MR) is 77.6 cm³/mol. The topological polar surface area (TPSA) is 65.2 Å². The van der Waals surface area contributed by atoms with Gasteiger partial charge >= 0.3 is 5.97 Å². The molecule has 0 aliphatic carbocycles. The molecule has 0 amide bonds. The number of esters is 1. The molecular weight excluding hydrogens is 268 g/mol. The summed E-state index contributed by atoms with van der Waals surface area (Å²) in [6.45, 7) is 2.09. The van der Waals surface area contributed by atoms with Gasteiger partial charge in [0.05, 0.1) is 6.61 Å². The summed E-state index contributed by atoms with van der Waals surface area (Å²) in [6.07, 6.45) is -0.00833. The van der Waals surface area contributed by atoms with Crippen molar-refractivity contribution >= 4 is 16.7 Å². The highest BCUT2D eigenvalue weighted by atomic mass is 16.5. The lowest BCUT2D eigenvalue weighted by atomic mass is 10.0. The third-order valence-corrected chi connectivity index (χ3v) is 3.10. The SMILES string of the molecule is CCOC(=O)Cc1nc(-c2cccc3ccccc23)no1. The molecule has 0 saturated carbocycles. The van der Waals surface area contributed by atoms with Gasteiger partial charge in [-0.3, -0.25) is 4.79 Å². The Morgan fingerprint density at radius 1 is 1.19 bits per heavy atom. The minimum absolute atomic E-state index is 0.00833. The lowest BCUT2D eigenvalue weighted by molar-refractivity contribution is -0.142. The van der Waals surface area contributed by atoms with Gasteiger partial charge in [-0.25, -0.2) is 0 Å². The summed E-state index contributed by atoms with van der Waals surface area (Å²) in [5.41, 5.74) is 0.881. The van der Waals surface area contributed by atoms with Gasteiger partial charge in [-0.05, 0) is 17.7 Å². The molecular formula is C16H14N2O3. The van der Waals surface area contributed by atoms with Crippen molar-refractivity contribution in [3.05, 3.63) is 48.4 Å². The molecule has 106 valence electrons. The van der Waals surface area contributed by atoms with Gasteiger partial charge in [-0.2, -0.15) is 4.98 Å². The number of hydrogen-bond donors (Lipinski definition) is 0. The van der Waals surface area contributed by atoms with Gasteiger partial charge in [-0.1, -0.05) is 47.6 Å². The van der Waals surface area contributed by atoms with E-state index in [2.05, 4.69) is 10.1 Å². The molecule has 3 rings (SSSR count). The van der Waals surface area contributed by atoms with Crippen LogP contribution in [0.15, 0.2) is 47.0 Å². The molecule has 2 aromatic carbocycles. The molecule has 0 atom stereocenters. The van der Waals surface area contributed by atoms with Crippen molar-refractivity contribution in [2.75, 3.05) is 6.61 Å². The first-order valence-electron chi connectivity index (χ1n) is 6.74. The quantitative estimate of drug-likeness (QED) is 0.688. The van der Waals surface area contributed by atoms with Gasteiger partial charge in [-0.15, -0.1) is 0 Å². The van der Waals surface area contributed by atoms with Crippen LogP contribution in [-0.4, -0.2) is 22.7 Å². The zero-order valence-corrected chi connectivity index (χ0v) is 11.6. The van der Waals surface area contributed by atoms with E-state index in [1.165, 1.54) is 0 Å². The third kappa shape index (κ3) is 2.76. The Balaban J connectivity index is 1.93. The van der Waals surface area contributed by atoms with Gasteiger partial charge < -0.3 is 9.26 Å². The van der Waals surface area contributed by atoms with E-state index in [-0.39, 0.29) is 18.3 Å². The van der Waals surface area contributed by atoms with E-state index in [0.29, 0.717) is 12.4 Å². The van der Waals surface area contributed by atoms with E-state index >= 15 is 0 Å². The molecule has 0 unspecified atom stereocenters. The van der Waals surface area contributed by atoms with Gasteiger partial charge in [0.15, 0.2) is 0 Å². The summed E-state index contributed by atoms with van der Waals surface area (Å²) in [5.74, 6) is 0.369. The smallest absolute Gasteiger partial charge is 0.315 e. The Bertz CT molecular complexity index is 775. The average Bonchev–Trinajstić information content (AvgIpc) is 2.95. The van der Waals surface area contributed by atoms with E-state index in [9.17, 15) is 4.79 Å². The van der Waals surface area contributed by atoms with Crippen molar-refractivity contribution < 1.29 is 14.1 Å². The molecule has 0 N–H and O–H groups in total. The minimum atomic E-state index is -0.370. The number of fused-ring (bicyclic) bond motifs is 1. The fourth-order valence-electron chi connectivity index (χ4n) is 2.19. The van der Waals surface area contributed by atoms with Crippen LogP contribution in [0.3, 0.4) is 0 Å². The number of carbonyl (C=O) groups is 1. The van der Waals surface area contributed by atoms with Gasteiger partial charge in [0.1, 0.15) is 6.42 Å². The molecule has 0 aliphatic rings. The summed E-state index contributed by atoms with van der Waals surface area (Å²) >= 11 is 0. The lowest BCUT2D eigenvalue weighted by Gasteiger charge is -2.01. The predicted octanol–water partition coefficient (Wildman–Crippen LogP) is 3.00. The maximum atomic E-state index is 11.4. The van der Waals surface area contributed by atoms with Crippen molar-refractivity contribution in [1.29, 1.82) is 0 Å². The van der Waals surface area contributed by atoms with Crippen molar-refractivity contribution in [1.82, 2.24) is 10.1 Å². The number of ether oxygens (including phenoxy) is 1. The standard InChI is InChI=1S/C16H14N2O3/c1-2-20-15(19)10-14-17-16(18-21-14)13-9-5-7-11-6-3-4-8-12(11)13/h3-9H,2,10H2,1H3. The van der Waals surface area contributed by atoms with E-state index < -0.39 is 0 Å². The van der Waals surface area contributed by atoms with Crippen LogP contribution >= 0.6 is 0 Å². The second-order valence-corrected chi connectivity index (χ2v) is 4.52. The second kappa shape index (κ2) is 5.75. The Labute approximate surface area is 121 Å². The van der Waals surface area contributed by atoms with Gasteiger partial charge in [0.2, 0.25) is 11.7 Å². The first-order chi connectivity index (χ1) is 10.3.